The third kappa shape index (κ3) is 5.47. The monoisotopic (exact) mass is 567 g/mol. The van der Waals surface area contributed by atoms with E-state index in [4.69, 9.17) is 4.74 Å². The Balaban J connectivity index is 1.80. The third-order valence-corrected chi connectivity index (χ3v) is 7.32. The van der Waals surface area contributed by atoms with Gasteiger partial charge in [0, 0.05) is 12.6 Å². The van der Waals surface area contributed by atoms with Crippen LogP contribution in [-0.4, -0.2) is 48.6 Å². The summed E-state index contributed by atoms with van der Waals surface area (Å²) in [5, 5.41) is 24.8. The highest BCUT2D eigenvalue weighted by Crippen LogP contribution is 2.40. The second-order valence-electron chi connectivity index (χ2n) is 10.7. The summed E-state index contributed by atoms with van der Waals surface area (Å²) in [4.78, 5) is 17.9. The maximum atomic E-state index is 13.6. The van der Waals surface area contributed by atoms with E-state index in [0.717, 1.165) is 17.4 Å². The number of nitrogens with one attached hydrogen (secondary N) is 2. The molecule has 1 aromatic heterocycles. The molecule has 1 unspecified atom stereocenters. The molecule has 1 atom stereocenters. The smallest absolute Gasteiger partial charge is 0.255 e. The number of ether oxygens (including phenoxy) is 1. The molecule has 12 nitrogen and oxygen atoms in total. The van der Waals surface area contributed by atoms with Crippen molar-refractivity contribution in [1.29, 1.82) is 0 Å². The number of aromatic nitrogens is 2. The molecule has 0 aliphatic carbocycles. The summed E-state index contributed by atoms with van der Waals surface area (Å²) < 4.78 is 33.9. The van der Waals surface area contributed by atoms with Crippen molar-refractivity contribution in [3.05, 3.63) is 70.3 Å². The van der Waals surface area contributed by atoms with Crippen LogP contribution < -0.4 is 14.8 Å². The molecular weight excluding hydrogens is 534 g/mol. The van der Waals surface area contributed by atoms with Crippen molar-refractivity contribution in [2.45, 2.75) is 45.3 Å². The van der Waals surface area contributed by atoms with Crippen LogP contribution in [0.4, 0.5) is 11.4 Å². The molecule has 2 aromatic carbocycles. The molecular formula is C27H33N7O5S. The number of methoxy groups -OCH3 is 1. The molecule has 0 saturated carbocycles. The van der Waals surface area contributed by atoms with Gasteiger partial charge in [0.2, 0.25) is 10.0 Å². The van der Waals surface area contributed by atoms with Crippen LogP contribution in [0.15, 0.2) is 52.0 Å². The molecule has 13 heteroatoms. The largest absolute Gasteiger partial charge is 0.492 e. The van der Waals surface area contributed by atoms with Gasteiger partial charge in [-0.15, -0.1) is 10.2 Å². The number of aryl methyl sites for hydroxylation is 1. The molecule has 3 N–H and O–H groups in total. The van der Waals surface area contributed by atoms with E-state index in [2.05, 4.69) is 30.5 Å². The highest BCUT2D eigenvalue weighted by atomic mass is 32.2. The molecule has 212 valence electrons. The quantitative estimate of drug-likeness (QED) is 0.375. The Kier molecular flexibility index (Phi) is 7.56. The predicted molar refractivity (Wildman–Crippen MR) is 153 cm³/mol. The molecule has 0 spiro atoms. The van der Waals surface area contributed by atoms with Gasteiger partial charge in [0.05, 0.1) is 42.8 Å². The molecule has 3 aromatic rings. The predicted octanol–water partition coefficient (Wildman–Crippen LogP) is 3.85. The van der Waals surface area contributed by atoms with Gasteiger partial charge in [0.1, 0.15) is 12.4 Å². The lowest BCUT2D eigenvalue weighted by molar-refractivity contribution is 0.102. The lowest BCUT2D eigenvalue weighted by Gasteiger charge is -2.25. The van der Waals surface area contributed by atoms with Crippen LogP contribution in [0, 0.1) is 6.92 Å². The van der Waals surface area contributed by atoms with E-state index in [1.54, 1.807) is 54.4 Å². The van der Waals surface area contributed by atoms with Crippen molar-refractivity contribution >= 4 is 33.5 Å². The fourth-order valence-electron chi connectivity index (χ4n) is 4.58. The molecule has 1 aliphatic heterocycles. The first kappa shape index (κ1) is 28.9. The molecule has 1 amide bonds. The van der Waals surface area contributed by atoms with E-state index >= 15 is 0 Å². The Labute approximate surface area is 233 Å². The summed E-state index contributed by atoms with van der Waals surface area (Å²) in [6.07, 6.45) is 4.23. The van der Waals surface area contributed by atoms with Gasteiger partial charge < -0.3 is 19.7 Å². The molecule has 0 saturated heterocycles. The van der Waals surface area contributed by atoms with Crippen molar-refractivity contribution in [1.82, 2.24) is 9.55 Å². The summed E-state index contributed by atoms with van der Waals surface area (Å²) in [6.45, 7) is 7.58. The number of anilines is 2. The Morgan fingerprint density at radius 2 is 1.88 bits per heavy atom. The molecule has 40 heavy (non-hydrogen) atoms. The van der Waals surface area contributed by atoms with Gasteiger partial charge in [0.15, 0.2) is 11.3 Å². The van der Waals surface area contributed by atoms with Gasteiger partial charge in [-0.2, -0.15) is 0 Å². The van der Waals surface area contributed by atoms with Gasteiger partial charge in [-0.05, 0) is 58.5 Å². The van der Waals surface area contributed by atoms with E-state index in [-0.39, 0.29) is 23.5 Å². The normalized spacial score (nSPS) is 16.8. The first-order valence-electron chi connectivity index (χ1n) is 12.4. The molecule has 2 heterocycles. The van der Waals surface area contributed by atoms with Crippen LogP contribution >= 0.6 is 0 Å². The van der Waals surface area contributed by atoms with E-state index in [0.29, 0.717) is 28.3 Å². The topological polar surface area (TPSA) is 160 Å². The van der Waals surface area contributed by atoms with Crippen molar-refractivity contribution in [2.24, 2.45) is 22.5 Å². The highest BCUT2D eigenvalue weighted by Gasteiger charge is 2.40. The summed E-state index contributed by atoms with van der Waals surface area (Å²) in [5.74, 6) is 0.179. The number of sulfonamides is 1. The minimum atomic E-state index is -3.62. The van der Waals surface area contributed by atoms with Crippen molar-refractivity contribution in [2.75, 3.05) is 23.4 Å². The second-order valence-corrected chi connectivity index (χ2v) is 12.4. The van der Waals surface area contributed by atoms with Crippen molar-refractivity contribution in [3.8, 4) is 5.75 Å². The standard InChI is InChI=1S/C27H33N7O5S/c1-16-8-9-17(10-19(16)27(15-29-33-32-27)22-13-28-23(14-35)34(22)5)25(36)30-20-11-18(26(2,3)4)12-21(24(20)39-6)31-40(7,37)38/h8-13,15,31,35H,14H2,1-7H3,(H,30,36). The van der Waals surface area contributed by atoms with Crippen LogP contribution in [0.3, 0.4) is 0 Å². The second kappa shape index (κ2) is 10.5. The number of amides is 1. The fraction of sp³-hybridized carbons (Fsp3) is 0.370. The van der Waals surface area contributed by atoms with Crippen molar-refractivity contribution in [3.63, 3.8) is 0 Å². The van der Waals surface area contributed by atoms with Crippen molar-refractivity contribution < 1.29 is 23.1 Å². The highest BCUT2D eigenvalue weighted by molar-refractivity contribution is 7.92. The Morgan fingerprint density at radius 1 is 1.18 bits per heavy atom. The zero-order valence-corrected chi connectivity index (χ0v) is 24.3. The van der Waals surface area contributed by atoms with Gasteiger partial charge in [-0.25, -0.2) is 13.4 Å². The maximum Gasteiger partial charge on any atom is 0.255 e. The summed E-state index contributed by atoms with van der Waals surface area (Å²) in [6, 6.07) is 8.66. The molecule has 0 fully saturated rings. The van der Waals surface area contributed by atoms with E-state index < -0.39 is 21.5 Å². The minimum absolute atomic E-state index is 0.179. The Morgan fingerprint density at radius 3 is 2.42 bits per heavy atom. The molecule has 0 bridgehead atoms. The van der Waals surface area contributed by atoms with Gasteiger partial charge in [-0.3, -0.25) is 9.52 Å². The number of hydrogen-bond acceptors (Lipinski definition) is 9. The molecule has 4 rings (SSSR count). The number of carbonyl (C=O) groups excluding carboxylic acids is 1. The molecule has 1 aliphatic rings. The maximum absolute atomic E-state index is 13.6. The third-order valence-electron chi connectivity index (χ3n) is 6.73. The molecule has 0 radical (unpaired) electrons. The zero-order valence-electron chi connectivity index (χ0n) is 23.5. The number of imidazole rings is 1. The van der Waals surface area contributed by atoms with Gasteiger partial charge >= 0.3 is 0 Å². The van der Waals surface area contributed by atoms with Crippen LogP contribution in [0.5, 0.6) is 5.75 Å². The first-order chi connectivity index (χ1) is 18.7. The number of hydrogen-bond donors (Lipinski definition) is 3. The van der Waals surface area contributed by atoms with E-state index in [1.807, 2.05) is 27.7 Å². The first-order valence-corrected chi connectivity index (χ1v) is 14.3. The summed E-state index contributed by atoms with van der Waals surface area (Å²) in [5.41, 5.74) is 2.25. The van der Waals surface area contributed by atoms with Crippen LogP contribution in [0.2, 0.25) is 0 Å². The number of nitrogens with zero attached hydrogens (tertiary/aromatic N) is 5. The Bertz CT molecular complexity index is 1620. The fourth-order valence-corrected chi connectivity index (χ4v) is 5.13. The van der Waals surface area contributed by atoms with Crippen LogP contribution in [0.25, 0.3) is 0 Å². The number of aliphatic hydroxyl groups is 1. The number of aliphatic hydroxyl groups excluding tert-OH is 1. The lowest BCUT2D eigenvalue weighted by Crippen LogP contribution is -2.30. The van der Waals surface area contributed by atoms with E-state index in [9.17, 15) is 18.3 Å². The lowest BCUT2D eigenvalue weighted by atomic mass is 9.84. The minimum Gasteiger partial charge on any atom is -0.492 e. The zero-order chi connectivity index (χ0) is 29.5. The average molecular weight is 568 g/mol. The average Bonchev–Trinajstić information content (AvgIpc) is 3.49. The van der Waals surface area contributed by atoms with Gasteiger partial charge in [-0.1, -0.05) is 26.8 Å². The number of benzene rings is 2. The number of carbonyl (C=O) groups is 1. The summed E-state index contributed by atoms with van der Waals surface area (Å²) >= 11 is 0. The number of rotatable bonds is 8. The Hall–Kier alpha value is -4.10. The van der Waals surface area contributed by atoms with Gasteiger partial charge in [0.25, 0.3) is 5.91 Å². The van der Waals surface area contributed by atoms with E-state index in [1.165, 1.54) is 7.11 Å². The SMILES string of the molecule is COc1c(NC(=O)c2ccc(C)c(C3(c4cnc(CO)n4C)C=NN=N3)c2)cc(C(C)(C)C)cc1NS(C)(=O)=O. The van der Waals surface area contributed by atoms with Crippen LogP contribution in [0.1, 0.15) is 59.3 Å². The van der Waals surface area contributed by atoms with Crippen LogP contribution in [-0.2, 0) is 34.6 Å². The summed E-state index contributed by atoms with van der Waals surface area (Å²) in [7, 11) is -0.455.